The quantitative estimate of drug-likeness (QED) is 0.415. The number of phenols is 2. The van der Waals surface area contributed by atoms with Crippen molar-refractivity contribution in [1.82, 2.24) is 0 Å². The molecule has 0 radical (unpaired) electrons. The van der Waals surface area contributed by atoms with Gasteiger partial charge < -0.3 is 10.2 Å². The van der Waals surface area contributed by atoms with Gasteiger partial charge in [-0.05, 0) is 43.2 Å². The van der Waals surface area contributed by atoms with Crippen molar-refractivity contribution in [2.45, 2.75) is 84.5 Å². The van der Waals surface area contributed by atoms with Gasteiger partial charge in [-0.1, -0.05) is 82.9 Å². The summed E-state index contributed by atoms with van der Waals surface area (Å²) in [6.45, 7) is 6.51. The Kier molecular flexibility index (Phi) is 8.71. The van der Waals surface area contributed by atoms with E-state index in [1.54, 1.807) is 0 Å². The van der Waals surface area contributed by atoms with Crippen LogP contribution in [-0.4, -0.2) is 10.2 Å². The van der Waals surface area contributed by atoms with Gasteiger partial charge in [0.05, 0.1) is 0 Å². The van der Waals surface area contributed by atoms with Crippen LogP contribution in [0.2, 0.25) is 0 Å². The van der Waals surface area contributed by atoms with E-state index in [1.165, 1.54) is 25.7 Å². The number of phenolic OH excluding ortho intramolecular Hbond substituents is 2. The average Bonchev–Trinajstić information content (AvgIpc) is 2.67. The van der Waals surface area contributed by atoms with Crippen LogP contribution in [0.3, 0.4) is 0 Å². The Morgan fingerprint density at radius 3 is 1.48 bits per heavy atom. The highest BCUT2D eigenvalue weighted by Gasteiger charge is 2.21. The van der Waals surface area contributed by atoms with Gasteiger partial charge in [-0.2, -0.15) is 0 Å². The fraction of sp³-hybridized carbons (Fsp3) is 0.520. The molecule has 0 amide bonds. The van der Waals surface area contributed by atoms with E-state index in [9.17, 15) is 10.2 Å². The molecule has 0 aromatic heterocycles. The number of hydrogen-bond acceptors (Lipinski definition) is 2. The molecular weight excluding hydrogens is 332 g/mol. The predicted molar refractivity (Wildman–Crippen MR) is 115 cm³/mol. The smallest absolute Gasteiger partial charge is 0.122 e. The third-order valence-electron chi connectivity index (χ3n) is 5.56. The molecule has 0 unspecified atom stereocenters. The van der Waals surface area contributed by atoms with Crippen molar-refractivity contribution in [2.24, 2.45) is 0 Å². The minimum Gasteiger partial charge on any atom is -0.507 e. The number of aromatic hydroxyl groups is 2. The molecule has 0 aliphatic carbocycles. The van der Waals surface area contributed by atoms with Gasteiger partial charge in [-0.3, -0.25) is 0 Å². The lowest BCUT2D eigenvalue weighted by Gasteiger charge is -2.21. The van der Waals surface area contributed by atoms with E-state index in [1.807, 2.05) is 36.4 Å². The maximum atomic E-state index is 10.9. The minimum absolute atomic E-state index is 0.0160. The van der Waals surface area contributed by atoms with E-state index in [0.29, 0.717) is 11.5 Å². The molecule has 0 aliphatic heterocycles. The summed E-state index contributed by atoms with van der Waals surface area (Å²) in [4.78, 5) is 0. The van der Waals surface area contributed by atoms with Crippen LogP contribution in [-0.2, 0) is 12.8 Å². The average molecular weight is 369 g/mol. The first-order valence-electron chi connectivity index (χ1n) is 10.7. The molecule has 2 nitrogen and oxygen atoms in total. The Morgan fingerprint density at radius 1 is 0.667 bits per heavy atom. The van der Waals surface area contributed by atoms with Gasteiger partial charge in [-0.15, -0.1) is 0 Å². The highest BCUT2D eigenvalue weighted by Crippen LogP contribution is 2.40. The molecule has 2 aromatic rings. The Morgan fingerprint density at radius 2 is 1.11 bits per heavy atom. The summed E-state index contributed by atoms with van der Waals surface area (Å²) in [6.07, 6.45) is 9.58. The van der Waals surface area contributed by atoms with Gasteiger partial charge in [0.15, 0.2) is 0 Å². The molecule has 2 heteroatoms. The number of aryl methyl sites for hydroxylation is 2. The maximum Gasteiger partial charge on any atom is 0.122 e. The molecular formula is C25H36O2. The van der Waals surface area contributed by atoms with Gasteiger partial charge >= 0.3 is 0 Å². The molecule has 27 heavy (non-hydrogen) atoms. The molecule has 2 rings (SSSR count). The molecule has 0 spiro atoms. The zero-order valence-corrected chi connectivity index (χ0v) is 17.3. The van der Waals surface area contributed by atoms with Crippen molar-refractivity contribution in [3.63, 3.8) is 0 Å². The van der Waals surface area contributed by atoms with Crippen LogP contribution in [0.15, 0.2) is 36.4 Å². The molecule has 0 atom stereocenters. The first-order chi connectivity index (χ1) is 13.1. The highest BCUT2D eigenvalue weighted by atomic mass is 16.3. The summed E-state index contributed by atoms with van der Waals surface area (Å²) >= 11 is 0. The van der Waals surface area contributed by atoms with E-state index in [-0.39, 0.29) is 5.92 Å². The SMILES string of the molecule is CCCCCc1cccc(C(CC)c2cccc(CCCCC)c2O)c1O. The number of benzene rings is 2. The zero-order valence-electron chi connectivity index (χ0n) is 17.3. The Labute approximate surface area is 165 Å². The number of unbranched alkanes of at least 4 members (excludes halogenated alkanes) is 4. The van der Waals surface area contributed by atoms with Crippen LogP contribution in [0.25, 0.3) is 0 Å². The first kappa shape index (κ1) is 21.3. The lowest BCUT2D eigenvalue weighted by atomic mass is 9.85. The third kappa shape index (κ3) is 5.51. The van der Waals surface area contributed by atoms with Gasteiger partial charge in [-0.25, -0.2) is 0 Å². The highest BCUT2D eigenvalue weighted by molar-refractivity contribution is 5.51. The molecule has 0 fully saturated rings. The van der Waals surface area contributed by atoms with Crippen molar-refractivity contribution < 1.29 is 10.2 Å². The summed E-state index contributed by atoms with van der Waals surface area (Å²) in [5.41, 5.74) is 3.93. The molecule has 0 bridgehead atoms. The topological polar surface area (TPSA) is 40.5 Å². The molecule has 0 saturated carbocycles. The summed E-state index contributed by atoms with van der Waals surface area (Å²) in [5.74, 6) is 0.842. The lowest BCUT2D eigenvalue weighted by Crippen LogP contribution is -2.03. The van der Waals surface area contributed by atoms with E-state index in [4.69, 9.17) is 0 Å². The molecule has 0 aliphatic rings. The Bertz CT molecular complexity index is 646. The second-order valence-electron chi connectivity index (χ2n) is 7.58. The fourth-order valence-electron chi connectivity index (χ4n) is 3.93. The molecule has 0 saturated heterocycles. The second kappa shape index (κ2) is 11.0. The predicted octanol–water partition coefficient (Wildman–Crippen LogP) is 7.11. The summed E-state index contributed by atoms with van der Waals surface area (Å²) in [6, 6.07) is 12.2. The maximum absolute atomic E-state index is 10.9. The normalized spacial score (nSPS) is 11.3. The van der Waals surface area contributed by atoms with Crippen molar-refractivity contribution in [3.05, 3.63) is 58.7 Å². The molecule has 2 aromatic carbocycles. The molecule has 148 valence electrons. The van der Waals surface area contributed by atoms with Gasteiger partial charge in [0, 0.05) is 17.0 Å². The van der Waals surface area contributed by atoms with E-state index >= 15 is 0 Å². The largest absolute Gasteiger partial charge is 0.507 e. The fourth-order valence-corrected chi connectivity index (χ4v) is 3.93. The van der Waals surface area contributed by atoms with Crippen molar-refractivity contribution >= 4 is 0 Å². The summed E-state index contributed by atoms with van der Waals surface area (Å²) < 4.78 is 0. The van der Waals surface area contributed by atoms with Crippen LogP contribution in [0.5, 0.6) is 11.5 Å². The minimum atomic E-state index is 0.0160. The van der Waals surface area contributed by atoms with Gasteiger partial charge in [0.1, 0.15) is 11.5 Å². The Balaban J connectivity index is 2.31. The van der Waals surface area contributed by atoms with Crippen molar-refractivity contribution in [3.8, 4) is 11.5 Å². The van der Waals surface area contributed by atoms with E-state index in [0.717, 1.165) is 54.4 Å². The Hall–Kier alpha value is -1.96. The summed E-state index contributed by atoms with van der Waals surface area (Å²) in [7, 11) is 0. The molecule has 2 N–H and O–H groups in total. The standard InChI is InChI=1S/C25H36O2/c1-4-7-9-13-19-15-11-17-22(24(19)26)21(6-3)23-18-12-16-20(25(23)27)14-10-8-5-2/h11-12,15-18,21,26-27H,4-10,13-14H2,1-3H3. The third-order valence-corrected chi connectivity index (χ3v) is 5.56. The zero-order chi connectivity index (χ0) is 19.6. The van der Waals surface area contributed by atoms with Crippen LogP contribution < -0.4 is 0 Å². The second-order valence-corrected chi connectivity index (χ2v) is 7.58. The van der Waals surface area contributed by atoms with Gasteiger partial charge in [0.2, 0.25) is 0 Å². The van der Waals surface area contributed by atoms with Crippen LogP contribution in [0.4, 0.5) is 0 Å². The monoisotopic (exact) mass is 368 g/mol. The lowest BCUT2D eigenvalue weighted by molar-refractivity contribution is 0.444. The van der Waals surface area contributed by atoms with Crippen LogP contribution in [0, 0.1) is 0 Å². The number of rotatable bonds is 11. The van der Waals surface area contributed by atoms with Crippen LogP contribution in [0.1, 0.15) is 93.9 Å². The molecule has 0 heterocycles. The summed E-state index contributed by atoms with van der Waals surface area (Å²) in [5, 5.41) is 21.8. The van der Waals surface area contributed by atoms with Crippen LogP contribution >= 0.6 is 0 Å². The van der Waals surface area contributed by atoms with Gasteiger partial charge in [0.25, 0.3) is 0 Å². The van der Waals surface area contributed by atoms with E-state index in [2.05, 4.69) is 20.8 Å². The first-order valence-corrected chi connectivity index (χ1v) is 10.7. The number of hydrogen-bond donors (Lipinski definition) is 2. The van der Waals surface area contributed by atoms with Crippen molar-refractivity contribution in [2.75, 3.05) is 0 Å². The number of para-hydroxylation sites is 2. The van der Waals surface area contributed by atoms with E-state index < -0.39 is 0 Å². The van der Waals surface area contributed by atoms with Crippen molar-refractivity contribution in [1.29, 1.82) is 0 Å².